The van der Waals surface area contributed by atoms with Crippen molar-refractivity contribution in [2.75, 3.05) is 19.6 Å². The maximum Gasteiger partial charge on any atom is 0.319 e. The van der Waals surface area contributed by atoms with Crippen LogP contribution in [0, 0.1) is 0 Å². The maximum absolute atomic E-state index is 11.1. The molecule has 3 N–H and O–H groups in total. The molecule has 2 amide bonds. The number of aliphatic carboxylic acids is 1. The van der Waals surface area contributed by atoms with E-state index in [-0.39, 0.29) is 13.1 Å². The Morgan fingerprint density at radius 3 is 1.93 bits per heavy atom. The van der Waals surface area contributed by atoms with E-state index < -0.39 is 24.3 Å². The Labute approximate surface area is 87.4 Å². The van der Waals surface area contributed by atoms with Gasteiger partial charge in [-0.25, -0.2) is 5.01 Å². The lowest BCUT2D eigenvalue weighted by atomic mass is 10.5. The average Bonchev–Trinajstić information content (AvgIpc) is 2.01. The molecule has 0 radical (unpaired) electrons. The Balaban J connectivity index is 4.74. The molecule has 0 aromatic carbocycles. The van der Waals surface area contributed by atoms with E-state index in [1.807, 2.05) is 0 Å². The van der Waals surface area contributed by atoms with Crippen molar-refractivity contribution in [1.29, 1.82) is 0 Å². The van der Waals surface area contributed by atoms with Gasteiger partial charge < -0.3 is 10.8 Å². The summed E-state index contributed by atoms with van der Waals surface area (Å²) in [5.74, 6) is -2.19. The van der Waals surface area contributed by atoms with E-state index >= 15 is 0 Å². The summed E-state index contributed by atoms with van der Waals surface area (Å²) in [5, 5.41) is 10.5. The van der Waals surface area contributed by atoms with Gasteiger partial charge >= 0.3 is 5.97 Å². The Kier molecular flexibility index (Phi) is 5.50. The Hall–Kier alpha value is -1.47. The van der Waals surface area contributed by atoms with Crippen molar-refractivity contribution in [1.82, 2.24) is 10.0 Å². The summed E-state index contributed by atoms with van der Waals surface area (Å²) >= 11 is 0. The Morgan fingerprint density at radius 2 is 1.67 bits per heavy atom. The van der Waals surface area contributed by atoms with Crippen LogP contribution in [0.1, 0.15) is 13.8 Å². The topological polar surface area (TPSA) is 104 Å². The van der Waals surface area contributed by atoms with E-state index in [0.717, 1.165) is 10.0 Å². The standard InChI is InChI=1S/C8H15N3O4/c1-6(12)11(7(2)13)10(4-3-9)5-8(14)15/h3-5,9H2,1-2H3,(H,14,15). The van der Waals surface area contributed by atoms with Crippen LogP contribution in [-0.2, 0) is 14.4 Å². The van der Waals surface area contributed by atoms with Crippen LogP contribution in [0.15, 0.2) is 0 Å². The van der Waals surface area contributed by atoms with Crippen LogP contribution < -0.4 is 5.73 Å². The molecule has 0 rings (SSSR count). The molecule has 0 fully saturated rings. The summed E-state index contributed by atoms with van der Waals surface area (Å²) in [6, 6.07) is 0. The summed E-state index contributed by atoms with van der Waals surface area (Å²) < 4.78 is 0. The van der Waals surface area contributed by atoms with Crippen LogP contribution in [0.5, 0.6) is 0 Å². The summed E-state index contributed by atoms with van der Waals surface area (Å²) in [6.07, 6.45) is 0. The van der Waals surface area contributed by atoms with Gasteiger partial charge in [-0.3, -0.25) is 14.4 Å². The first kappa shape index (κ1) is 13.5. The lowest BCUT2D eigenvalue weighted by molar-refractivity contribution is -0.164. The first-order valence-corrected chi connectivity index (χ1v) is 4.38. The third-order valence-electron chi connectivity index (χ3n) is 1.58. The molecule has 0 atom stereocenters. The number of amides is 2. The van der Waals surface area contributed by atoms with Crippen LogP contribution in [0.4, 0.5) is 0 Å². The minimum atomic E-state index is -1.13. The van der Waals surface area contributed by atoms with Crippen molar-refractivity contribution in [2.45, 2.75) is 13.8 Å². The number of nitrogens with two attached hydrogens (primary N) is 1. The molecular weight excluding hydrogens is 202 g/mol. The van der Waals surface area contributed by atoms with Crippen LogP contribution in [0.3, 0.4) is 0 Å². The second-order valence-corrected chi connectivity index (χ2v) is 2.92. The molecule has 0 spiro atoms. The zero-order valence-electron chi connectivity index (χ0n) is 8.77. The van der Waals surface area contributed by atoms with Crippen LogP contribution in [0.2, 0.25) is 0 Å². The molecule has 0 saturated carbocycles. The number of carbonyl (C=O) groups is 3. The van der Waals surface area contributed by atoms with Crippen LogP contribution >= 0.6 is 0 Å². The van der Waals surface area contributed by atoms with E-state index in [1.54, 1.807) is 0 Å². The van der Waals surface area contributed by atoms with Gasteiger partial charge in [-0.1, -0.05) is 0 Å². The van der Waals surface area contributed by atoms with Crippen LogP contribution in [0.25, 0.3) is 0 Å². The second-order valence-electron chi connectivity index (χ2n) is 2.92. The summed E-state index contributed by atoms with van der Waals surface area (Å²) in [6.45, 7) is 2.23. The van der Waals surface area contributed by atoms with E-state index in [1.165, 1.54) is 13.8 Å². The predicted octanol–water partition coefficient (Wildman–Crippen LogP) is -1.36. The average molecular weight is 217 g/mol. The smallest absolute Gasteiger partial charge is 0.319 e. The Bertz CT molecular complexity index is 253. The zero-order chi connectivity index (χ0) is 12.0. The van der Waals surface area contributed by atoms with Crippen molar-refractivity contribution in [2.24, 2.45) is 5.73 Å². The maximum atomic E-state index is 11.1. The molecule has 0 heterocycles. The number of nitrogens with zero attached hydrogens (tertiary/aromatic N) is 2. The SMILES string of the molecule is CC(=O)N(C(C)=O)N(CCN)CC(=O)O. The van der Waals surface area contributed by atoms with Gasteiger partial charge in [0, 0.05) is 26.9 Å². The van der Waals surface area contributed by atoms with Crippen molar-refractivity contribution in [3.8, 4) is 0 Å². The van der Waals surface area contributed by atoms with E-state index in [0.29, 0.717) is 0 Å². The highest BCUT2D eigenvalue weighted by Gasteiger charge is 2.23. The molecule has 0 unspecified atom stereocenters. The third kappa shape index (κ3) is 4.52. The number of hydrazine groups is 1. The summed E-state index contributed by atoms with van der Waals surface area (Å²) in [5.41, 5.74) is 5.26. The number of carboxylic acids is 1. The quantitative estimate of drug-likeness (QED) is 0.551. The van der Waals surface area contributed by atoms with Gasteiger partial charge in [0.15, 0.2) is 0 Å². The monoisotopic (exact) mass is 217 g/mol. The molecule has 7 heteroatoms. The van der Waals surface area contributed by atoms with Crippen molar-refractivity contribution in [3.63, 3.8) is 0 Å². The number of carbonyl (C=O) groups excluding carboxylic acids is 2. The number of hydrogen-bond acceptors (Lipinski definition) is 5. The Morgan fingerprint density at radius 1 is 1.20 bits per heavy atom. The van der Waals surface area contributed by atoms with Gasteiger partial charge in [0.2, 0.25) is 11.8 Å². The first-order valence-electron chi connectivity index (χ1n) is 4.38. The van der Waals surface area contributed by atoms with E-state index in [4.69, 9.17) is 10.8 Å². The van der Waals surface area contributed by atoms with Gasteiger partial charge in [-0.15, -0.1) is 0 Å². The minimum absolute atomic E-state index is 0.130. The molecule has 7 nitrogen and oxygen atoms in total. The molecule has 0 bridgehead atoms. The first-order chi connectivity index (χ1) is 6.90. The van der Waals surface area contributed by atoms with Crippen molar-refractivity contribution < 1.29 is 19.5 Å². The predicted molar refractivity (Wildman–Crippen MR) is 51.5 cm³/mol. The largest absolute Gasteiger partial charge is 0.480 e. The van der Waals surface area contributed by atoms with Gasteiger partial charge in [0.1, 0.15) is 6.54 Å². The van der Waals surface area contributed by atoms with Gasteiger partial charge in [0.25, 0.3) is 0 Å². The molecule has 0 aliphatic heterocycles. The molecule has 0 aromatic rings. The number of carboxylic acid groups (broad SMARTS) is 1. The molecule has 15 heavy (non-hydrogen) atoms. The fraction of sp³-hybridized carbons (Fsp3) is 0.625. The number of hydrogen-bond donors (Lipinski definition) is 2. The van der Waals surface area contributed by atoms with Crippen LogP contribution in [-0.4, -0.2) is 52.5 Å². The fourth-order valence-electron chi connectivity index (χ4n) is 1.17. The van der Waals surface area contributed by atoms with E-state index in [2.05, 4.69) is 0 Å². The highest BCUT2D eigenvalue weighted by atomic mass is 16.4. The normalized spacial score (nSPS) is 10.1. The highest BCUT2D eigenvalue weighted by molar-refractivity contribution is 5.92. The number of imide groups is 1. The number of rotatable bonds is 5. The molecule has 86 valence electrons. The van der Waals surface area contributed by atoms with Crippen molar-refractivity contribution in [3.05, 3.63) is 0 Å². The second kappa shape index (κ2) is 6.10. The molecule has 0 aliphatic rings. The third-order valence-corrected chi connectivity index (χ3v) is 1.58. The lowest BCUT2D eigenvalue weighted by Gasteiger charge is -2.29. The summed E-state index contributed by atoms with van der Waals surface area (Å²) in [7, 11) is 0. The zero-order valence-corrected chi connectivity index (χ0v) is 8.77. The van der Waals surface area contributed by atoms with Gasteiger partial charge in [-0.05, 0) is 0 Å². The van der Waals surface area contributed by atoms with Gasteiger partial charge in [0.05, 0.1) is 0 Å². The minimum Gasteiger partial charge on any atom is -0.480 e. The molecule has 0 aromatic heterocycles. The fourth-order valence-corrected chi connectivity index (χ4v) is 1.17. The molecular formula is C8H15N3O4. The lowest BCUT2D eigenvalue weighted by Crippen LogP contribution is -2.51. The highest BCUT2D eigenvalue weighted by Crippen LogP contribution is 1.99. The molecule has 0 aliphatic carbocycles. The molecule has 0 saturated heterocycles. The van der Waals surface area contributed by atoms with Crippen molar-refractivity contribution >= 4 is 17.8 Å². The van der Waals surface area contributed by atoms with E-state index in [9.17, 15) is 14.4 Å². The summed E-state index contributed by atoms with van der Waals surface area (Å²) in [4.78, 5) is 32.7. The van der Waals surface area contributed by atoms with Gasteiger partial charge in [-0.2, -0.15) is 5.01 Å².